The first-order valence-corrected chi connectivity index (χ1v) is 7.16. The molecule has 1 rings (SSSR count). The van der Waals surface area contributed by atoms with Crippen molar-refractivity contribution in [3.05, 3.63) is 48.0 Å². The number of amides is 2. The summed E-state index contributed by atoms with van der Waals surface area (Å²) in [5, 5.41) is 5.33. The molecule has 0 fully saturated rings. The molecule has 0 aliphatic carbocycles. The van der Waals surface area contributed by atoms with E-state index in [1.54, 1.807) is 13.8 Å². The lowest BCUT2D eigenvalue weighted by Gasteiger charge is -2.27. The van der Waals surface area contributed by atoms with E-state index in [2.05, 4.69) is 17.2 Å². The molecular formula is C17H24N2O3. The van der Waals surface area contributed by atoms with Crippen molar-refractivity contribution >= 4 is 12.3 Å². The van der Waals surface area contributed by atoms with Crippen molar-refractivity contribution < 1.29 is 14.3 Å². The topological polar surface area (TPSA) is 67.4 Å². The third-order valence-corrected chi connectivity index (χ3v) is 3.28. The quantitative estimate of drug-likeness (QED) is 0.540. The molecule has 5 nitrogen and oxygen atoms in total. The van der Waals surface area contributed by atoms with Crippen LogP contribution in [0.5, 0.6) is 0 Å². The molecule has 1 aromatic carbocycles. The Morgan fingerprint density at radius 1 is 1.36 bits per heavy atom. The van der Waals surface area contributed by atoms with Gasteiger partial charge >= 0.3 is 0 Å². The van der Waals surface area contributed by atoms with Crippen LogP contribution in [-0.4, -0.2) is 30.5 Å². The van der Waals surface area contributed by atoms with Gasteiger partial charge in [-0.2, -0.15) is 0 Å². The molecule has 0 saturated carbocycles. The molecule has 0 saturated heterocycles. The summed E-state index contributed by atoms with van der Waals surface area (Å²) in [5.74, 6) is -0.282. The molecule has 22 heavy (non-hydrogen) atoms. The number of hydrogen-bond donors (Lipinski definition) is 2. The fraction of sp³-hybridized carbons (Fsp3) is 0.412. The second-order valence-corrected chi connectivity index (χ2v) is 5.76. The Kier molecular flexibility index (Phi) is 6.79. The molecule has 0 bridgehead atoms. The van der Waals surface area contributed by atoms with Gasteiger partial charge in [0.1, 0.15) is 5.54 Å². The minimum absolute atomic E-state index is 0.282. The zero-order chi connectivity index (χ0) is 16.6. The zero-order valence-electron chi connectivity index (χ0n) is 13.4. The molecule has 1 unspecified atom stereocenters. The highest BCUT2D eigenvalue weighted by Crippen LogP contribution is 2.07. The van der Waals surface area contributed by atoms with E-state index in [0.717, 1.165) is 11.1 Å². The Bertz CT molecular complexity index is 512. The molecule has 5 heteroatoms. The predicted molar refractivity (Wildman–Crippen MR) is 86.1 cm³/mol. The van der Waals surface area contributed by atoms with Crippen LogP contribution in [0.2, 0.25) is 0 Å². The number of carbonyl (C=O) groups excluding carboxylic acids is 2. The van der Waals surface area contributed by atoms with Crippen LogP contribution >= 0.6 is 0 Å². The molecule has 2 N–H and O–H groups in total. The number of rotatable bonds is 9. The Balaban J connectivity index is 2.53. The van der Waals surface area contributed by atoms with Gasteiger partial charge in [0, 0.05) is 0 Å². The van der Waals surface area contributed by atoms with E-state index < -0.39 is 5.54 Å². The number of ether oxygens (including phenoxy) is 1. The van der Waals surface area contributed by atoms with E-state index in [4.69, 9.17) is 4.74 Å². The van der Waals surface area contributed by atoms with Gasteiger partial charge < -0.3 is 15.4 Å². The zero-order valence-corrected chi connectivity index (χ0v) is 13.4. The highest BCUT2D eigenvalue weighted by molar-refractivity contribution is 5.87. The molecule has 0 aromatic heterocycles. The van der Waals surface area contributed by atoms with Crippen molar-refractivity contribution in [2.75, 3.05) is 6.61 Å². The molecule has 0 aliphatic rings. The van der Waals surface area contributed by atoms with E-state index in [-0.39, 0.29) is 11.9 Å². The summed E-state index contributed by atoms with van der Waals surface area (Å²) in [7, 11) is 0. The van der Waals surface area contributed by atoms with Crippen molar-refractivity contribution in [1.29, 1.82) is 0 Å². The minimum Gasteiger partial charge on any atom is -0.374 e. The lowest BCUT2D eigenvalue weighted by atomic mass is 10.0. The van der Waals surface area contributed by atoms with Gasteiger partial charge in [-0.15, -0.1) is 0 Å². The molecule has 0 spiro atoms. The number of benzene rings is 1. The van der Waals surface area contributed by atoms with Crippen molar-refractivity contribution in [1.82, 2.24) is 10.6 Å². The molecule has 2 amide bonds. The highest BCUT2D eigenvalue weighted by atomic mass is 16.5. The number of nitrogens with one attached hydrogen (secondary N) is 2. The number of hydrogen-bond acceptors (Lipinski definition) is 3. The van der Waals surface area contributed by atoms with Crippen LogP contribution in [0.4, 0.5) is 0 Å². The standard InChI is InChI=1S/C17H24N2O3/c1-13(2)15(19-16(21)17(3,4)18-12-20)11-22-10-14-8-6-5-7-9-14/h5-9,12,15H,1,10-11H2,2-4H3,(H,18,20)(H,19,21). The summed E-state index contributed by atoms with van der Waals surface area (Å²) in [6.45, 7) is 9.78. The first-order chi connectivity index (χ1) is 10.4. The van der Waals surface area contributed by atoms with Crippen LogP contribution in [0.1, 0.15) is 26.3 Å². The molecule has 0 radical (unpaired) electrons. The van der Waals surface area contributed by atoms with Crippen LogP contribution in [0, 0.1) is 0 Å². The predicted octanol–water partition coefficient (Wildman–Crippen LogP) is 1.79. The Labute approximate surface area is 131 Å². The van der Waals surface area contributed by atoms with Crippen LogP contribution in [0.15, 0.2) is 42.5 Å². The van der Waals surface area contributed by atoms with E-state index in [9.17, 15) is 9.59 Å². The third-order valence-electron chi connectivity index (χ3n) is 3.28. The summed E-state index contributed by atoms with van der Waals surface area (Å²) in [6.07, 6.45) is 0.515. The number of carbonyl (C=O) groups is 2. The summed E-state index contributed by atoms with van der Waals surface area (Å²) < 4.78 is 5.65. The Morgan fingerprint density at radius 3 is 2.55 bits per heavy atom. The van der Waals surface area contributed by atoms with Crippen LogP contribution in [0.3, 0.4) is 0 Å². The molecule has 0 heterocycles. The van der Waals surface area contributed by atoms with E-state index in [0.29, 0.717) is 19.6 Å². The first-order valence-electron chi connectivity index (χ1n) is 7.16. The van der Waals surface area contributed by atoms with Crippen LogP contribution in [-0.2, 0) is 20.9 Å². The van der Waals surface area contributed by atoms with Crippen molar-refractivity contribution in [2.45, 2.75) is 39.0 Å². The van der Waals surface area contributed by atoms with E-state index in [1.165, 1.54) is 0 Å². The summed E-state index contributed by atoms with van der Waals surface area (Å²) in [4.78, 5) is 22.7. The van der Waals surface area contributed by atoms with Gasteiger partial charge in [-0.1, -0.05) is 42.5 Å². The van der Waals surface area contributed by atoms with Gasteiger partial charge in [-0.05, 0) is 26.3 Å². The lowest BCUT2D eigenvalue weighted by molar-refractivity contribution is -0.129. The van der Waals surface area contributed by atoms with Crippen molar-refractivity contribution in [3.8, 4) is 0 Å². The molecule has 1 atom stereocenters. The van der Waals surface area contributed by atoms with Gasteiger partial charge in [-0.3, -0.25) is 9.59 Å². The van der Waals surface area contributed by atoms with Gasteiger partial charge in [0.05, 0.1) is 19.3 Å². The van der Waals surface area contributed by atoms with Crippen LogP contribution < -0.4 is 10.6 Å². The van der Waals surface area contributed by atoms with Crippen molar-refractivity contribution in [3.63, 3.8) is 0 Å². The Morgan fingerprint density at radius 2 is 2.00 bits per heavy atom. The average Bonchev–Trinajstić information content (AvgIpc) is 2.46. The lowest BCUT2D eigenvalue weighted by Crippen LogP contribution is -2.55. The fourth-order valence-electron chi connectivity index (χ4n) is 1.73. The second kappa shape index (κ2) is 8.34. The van der Waals surface area contributed by atoms with Crippen molar-refractivity contribution in [2.24, 2.45) is 0 Å². The summed E-state index contributed by atoms with van der Waals surface area (Å²) in [6, 6.07) is 9.50. The molecular weight excluding hydrogens is 280 g/mol. The molecule has 120 valence electrons. The minimum atomic E-state index is -0.977. The maximum Gasteiger partial charge on any atom is 0.245 e. The second-order valence-electron chi connectivity index (χ2n) is 5.76. The average molecular weight is 304 g/mol. The fourth-order valence-corrected chi connectivity index (χ4v) is 1.73. The Hall–Kier alpha value is -2.14. The van der Waals surface area contributed by atoms with Gasteiger partial charge in [0.25, 0.3) is 0 Å². The largest absolute Gasteiger partial charge is 0.374 e. The smallest absolute Gasteiger partial charge is 0.245 e. The monoisotopic (exact) mass is 304 g/mol. The summed E-state index contributed by atoms with van der Waals surface area (Å²) >= 11 is 0. The highest BCUT2D eigenvalue weighted by Gasteiger charge is 2.28. The van der Waals surface area contributed by atoms with Gasteiger partial charge in [-0.25, -0.2) is 0 Å². The normalized spacial score (nSPS) is 12.3. The maximum atomic E-state index is 12.2. The van der Waals surface area contributed by atoms with E-state index >= 15 is 0 Å². The molecule has 0 aliphatic heterocycles. The third kappa shape index (κ3) is 5.69. The van der Waals surface area contributed by atoms with E-state index in [1.807, 2.05) is 37.3 Å². The summed E-state index contributed by atoms with van der Waals surface area (Å²) in [5.41, 5.74) is 0.884. The van der Waals surface area contributed by atoms with Gasteiger partial charge in [0.15, 0.2) is 0 Å². The maximum absolute atomic E-state index is 12.2. The molecule has 1 aromatic rings. The first kappa shape index (κ1) is 17.9. The SMILES string of the molecule is C=C(C)C(COCc1ccccc1)NC(=O)C(C)(C)NC=O. The van der Waals surface area contributed by atoms with Gasteiger partial charge in [0.2, 0.25) is 12.3 Å². The van der Waals surface area contributed by atoms with Crippen LogP contribution in [0.25, 0.3) is 0 Å².